The number of nitrogen functional groups attached to an aromatic ring is 1. The Morgan fingerprint density at radius 3 is 1.97 bits per heavy atom. The van der Waals surface area contributed by atoms with Gasteiger partial charge in [0.25, 0.3) is 0 Å². The van der Waals surface area contributed by atoms with Gasteiger partial charge in [0.15, 0.2) is 0 Å². The highest BCUT2D eigenvalue weighted by Crippen LogP contribution is 2.73. The third kappa shape index (κ3) is 3.25. The Hall–Kier alpha value is -3.20. The molecule has 0 spiro atoms. The van der Waals surface area contributed by atoms with Crippen LogP contribution in [0.2, 0.25) is 10.6 Å². The molecule has 1 aliphatic heterocycles. The van der Waals surface area contributed by atoms with Crippen molar-refractivity contribution in [2.24, 2.45) is 0 Å². The molecule has 36 heavy (non-hydrogen) atoms. The minimum atomic E-state index is -0.608. The SMILES string of the molecule is C=C(/C=C\C)C1(c2cc(OB3C(C)(C)C3(C)C)ccc2N)c2ccccc2C(CC)c2ccccc21. The summed E-state index contributed by atoms with van der Waals surface area (Å²) in [5, 5.41) is 0.248. The van der Waals surface area contributed by atoms with Crippen molar-refractivity contribution < 1.29 is 4.65 Å². The van der Waals surface area contributed by atoms with Gasteiger partial charge in [-0.05, 0) is 75.6 Å². The number of hydrogen-bond donors (Lipinski definition) is 1. The van der Waals surface area contributed by atoms with Crippen LogP contribution in [0, 0.1) is 0 Å². The average molecular weight is 475 g/mol. The van der Waals surface area contributed by atoms with E-state index in [1.165, 1.54) is 22.3 Å². The van der Waals surface area contributed by atoms with Gasteiger partial charge in [0.05, 0.1) is 11.2 Å². The monoisotopic (exact) mass is 475 g/mol. The Balaban J connectivity index is 1.80. The van der Waals surface area contributed by atoms with E-state index in [0.717, 1.165) is 29.0 Å². The summed E-state index contributed by atoms with van der Waals surface area (Å²) in [4.78, 5) is 0. The minimum absolute atomic E-state index is 0.124. The van der Waals surface area contributed by atoms with Crippen LogP contribution in [0.4, 0.5) is 5.69 Å². The maximum atomic E-state index is 6.85. The summed E-state index contributed by atoms with van der Waals surface area (Å²) in [5.41, 5.74) is 14.3. The Labute approximate surface area is 217 Å². The molecule has 184 valence electrons. The van der Waals surface area contributed by atoms with Gasteiger partial charge in [-0.15, -0.1) is 0 Å². The first-order chi connectivity index (χ1) is 17.1. The maximum Gasteiger partial charge on any atom is 0.369 e. The molecule has 0 amide bonds. The van der Waals surface area contributed by atoms with Gasteiger partial charge < -0.3 is 10.4 Å². The van der Waals surface area contributed by atoms with E-state index in [9.17, 15) is 0 Å². The molecule has 2 N–H and O–H groups in total. The van der Waals surface area contributed by atoms with Gasteiger partial charge in [0, 0.05) is 11.6 Å². The predicted molar refractivity (Wildman–Crippen MR) is 154 cm³/mol. The lowest BCUT2D eigenvalue weighted by atomic mass is 9.57. The molecule has 3 aromatic carbocycles. The first-order valence-corrected chi connectivity index (χ1v) is 13.2. The molecule has 1 aliphatic carbocycles. The zero-order valence-corrected chi connectivity index (χ0v) is 22.6. The number of hydrogen-bond acceptors (Lipinski definition) is 2. The van der Waals surface area contributed by atoms with Crippen molar-refractivity contribution in [1.82, 2.24) is 0 Å². The summed E-state index contributed by atoms with van der Waals surface area (Å²) in [7, 11) is 0. The molecule has 0 bridgehead atoms. The standard InChI is InChI=1S/C33H38BNO/c1-8-14-22(3)33(29-21-23(19-20-30(29)35)36-34-31(4,5)32(34,6)7)27-17-12-10-15-25(27)24(9-2)26-16-11-13-18-28(26)33/h8,10-21,24H,3,9,35H2,1-2,4-7H3/b14-8-. The van der Waals surface area contributed by atoms with Crippen molar-refractivity contribution in [3.8, 4) is 5.75 Å². The number of allylic oxidation sites excluding steroid dienone is 3. The van der Waals surface area contributed by atoms with Crippen LogP contribution in [-0.2, 0) is 5.41 Å². The molecule has 2 aliphatic rings. The van der Waals surface area contributed by atoms with Crippen LogP contribution in [0.15, 0.2) is 91.0 Å². The third-order valence-electron chi connectivity index (χ3n) is 9.31. The van der Waals surface area contributed by atoms with E-state index < -0.39 is 5.41 Å². The molecule has 3 aromatic rings. The summed E-state index contributed by atoms with van der Waals surface area (Å²) < 4.78 is 6.64. The predicted octanol–water partition coefficient (Wildman–Crippen LogP) is 8.54. The van der Waals surface area contributed by atoms with Gasteiger partial charge in [-0.1, -0.05) is 102 Å². The summed E-state index contributed by atoms with van der Waals surface area (Å²) >= 11 is 0. The van der Waals surface area contributed by atoms with Crippen LogP contribution in [0.3, 0.4) is 0 Å². The Morgan fingerprint density at radius 2 is 1.47 bits per heavy atom. The first kappa shape index (κ1) is 24.5. The van der Waals surface area contributed by atoms with E-state index >= 15 is 0 Å². The average Bonchev–Trinajstić information content (AvgIpc) is 3.25. The second kappa shape index (κ2) is 8.44. The first-order valence-electron chi connectivity index (χ1n) is 13.2. The second-order valence-electron chi connectivity index (χ2n) is 11.6. The van der Waals surface area contributed by atoms with Crippen LogP contribution in [0.25, 0.3) is 0 Å². The van der Waals surface area contributed by atoms with Crippen molar-refractivity contribution in [1.29, 1.82) is 0 Å². The Kier molecular flexibility index (Phi) is 5.74. The van der Waals surface area contributed by atoms with Gasteiger partial charge in [-0.25, -0.2) is 0 Å². The fraction of sp³-hybridized carbons (Fsp3) is 0.333. The molecule has 2 nitrogen and oxygen atoms in total. The number of benzene rings is 3. The minimum Gasteiger partial charge on any atom is -0.560 e. The highest BCUT2D eigenvalue weighted by Gasteiger charge is 2.72. The van der Waals surface area contributed by atoms with Crippen molar-refractivity contribution in [3.63, 3.8) is 0 Å². The van der Waals surface area contributed by atoms with Crippen molar-refractivity contribution in [3.05, 3.63) is 119 Å². The topological polar surface area (TPSA) is 35.2 Å². The van der Waals surface area contributed by atoms with Gasteiger partial charge in [0.1, 0.15) is 0 Å². The zero-order chi connectivity index (χ0) is 25.9. The molecule has 1 saturated heterocycles. The summed E-state index contributed by atoms with van der Waals surface area (Å²) in [5.74, 6) is 1.20. The molecule has 0 unspecified atom stereocenters. The maximum absolute atomic E-state index is 6.85. The zero-order valence-electron chi connectivity index (χ0n) is 22.6. The molecular weight excluding hydrogens is 437 g/mol. The van der Waals surface area contributed by atoms with Crippen LogP contribution in [0.5, 0.6) is 5.75 Å². The Bertz CT molecular complexity index is 1300. The molecule has 0 saturated carbocycles. The fourth-order valence-electron chi connectivity index (χ4n) is 6.67. The lowest BCUT2D eigenvalue weighted by Crippen LogP contribution is -2.38. The molecule has 3 heteroatoms. The largest absolute Gasteiger partial charge is 0.560 e. The van der Waals surface area contributed by atoms with Crippen molar-refractivity contribution in [2.75, 3.05) is 5.73 Å². The fourth-order valence-corrected chi connectivity index (χ4v) is 6.67. The number of rotatable bonds is 6. The molecule has 1 heterocycles. The van der Waals surface area contributed by atoms with Crippen LogP contribution >= 0.6 is 0 Å². The van der Waals surface area contributed by atoms with Gasteiger partial charge in [0.2, 0.25) is 0 Å². The summed E-state index contributed by atoms with van der Waals surface area (Å²) in [6.07, 6.45) is 5.25. The molecular formula is C33H38BNO. The van der Waals surface area contributed by atoms with Crippen LogP contribution in [0.1, 0.15) is 81.7 Å². The van der Waals surface area contributed by atoms with Crippen LogP contribution < -0.4 is 10.4 Å². The van der Waals surface area contributed by atoms with Crippen molar-refractivity contribution in [2.45, 2.75) is 69.9 Å². The van der Waals surface area contributed by atoms with Crippen LogP contribution in [-0.4, -0.2) is 6.92 Å². The van der Waals surface area contributed by atoms with Gasteiger partial charge in [-0.3, -0.25) is 0 Å². The highest BCUT2D eigenvalue weighted by atomic mass is 16.4. The van der Waals surface area contributed by atoms with E-state index in [1.807, 2.05) is 12.1 Å². The number of anilines is 1. The lowest BCUT2D eigenvalue weighted by Gasteiger charge is -2.45. The molecule has 5 rings (SSSR count). The number of fused-ring (bicyclic) bond motifs is 2. The summed E-state index contributed by atoms with van der Waals surface area (Å²) in [6.45, 7) is 18.3. The van der Waals surface area contributed by atoms with E-state index in [2.05, 4.69) is 115 Å². The molecule has 0 radical (unpaired) electrons. The van der Waals surface area contributed by atoms with E-state index in [0.29, 0.717) is 5.92 Å². The van der Waals surface area contributed by atoms with Gasteiger partial charge >= 0.3 is 6.92 Å². The van der Waals surface area contributed by atoms with Crippen molar-refractivity contribution >= 4 is 12.6 Å². The number of nitrogens with two attached hydrogens (primary N) is 1. The smallest absolute Gasteiger partial charge is 0.369 e. The Morgan fingerprint density at radius 1 is 0.917 bits per heavy atom. The quantitative estimate of drug-likeness (QED) is 0.220. The molecule has 0 aromatic heterocycles. The molecule has 1 fully saturated rings. The van der Waals surface area contributed by atoms with Gasteiger partial charge in [-0.2, -0.15) is 0 Å². The lowest BCUT2D eigenvalue weighted by molar-refractivity contribution is 0.574. The van der Waals surface area contributed by atoms with E-state index in [-0.39, 0.29) is 17.5 Å². The highest BCUT2D eigenvalue weighted by molar-refractivity contribution is 6.73. The second-order valence-corrected chi connectivity index (χ2v) is 11.6. The summed E-state index contributed by atoms with van der Waals surface area (Å²) in [6, 6.07) is 23.9. The third-order valence-corrected chi connectivity index (χ3v) is 9.31. The normalized spacial score (nSPS) is 23.2. The molecule has 0 atom stereocenters. The van der Waals surface area contributed by atoms with E-state index in [1.54, 1.807) is 0 Å². The van der Waals surface area contributed by atoms with E-state index in [4.69, 9.17) is 10.4 Å².